The highest BCUT2D eigenvalue weighted by Gasteiger charge is 2.33. The van der Waals surface area contributed by atoms with Crippen molar-refractivity contribution >= 4 is 11.8 Å². The summed E-state index contributed by atoms with van der Waals surface area (Å²) in [6.45, 7) is 3.65. The molecule has 18 heavy (non-hydrogen) atoms. The van der Waals surface area contributed by atoms with E-state index in [4.69, 9.17) is 10.5 Å². The summed E-state index contributed by atoms with van der Waals surface area (Å²) in [5.41, 5.74) is 6.07. The van der Waals surface area contributed by atoms with Crippen LogP contribution >= 0.6 is 0 Å². The van der Waals surface area contributed by atoms with E-state index in [2.05, 4.69) is 9.88 Å². The van der Waals surface area contributed by atoms with E-state index in [1.807, 2.05) is 25.1 Å². The van der Waals surface area contributed by atoms with Gasteiger partial charge in [0.05, 0.1) is 12.5 Å². The topological polar surface area (TPSA) is 68.5 Å². The Morgan fingerprint density at radius 1 is 1.61 bits per heavy atom. The minimum Gasteiger partial charge on any atom is -0.466 e. The van der Waals surface area contributed by atoms with Crippen molar-refractivity contribution in [3.05, 3.63) is 24.4 Å². The Morgan fingerprint density at radius 3 is 3.06 bits per heavy atom. The Labute approximate surface area is 107 Å². The molecule has 1 fully saturated rings. The number of pyridine rings is 1. The number of rotatable bonds is 3. The van der Waals surface area contributed by atoms with Gasteiger partial charge >= 0.3 is 5.97 Å². The lowest BCUT2D eigenvalue weighted by atomic mass is 9.92. The van der Waals surface area contributed by atoms with Crippen molar-refractivity contribution in [1.82, 2.24) is 4.98 Å². The predicted octanol–water partition coefficient (Wildman–Crippen LogP) is 0.798. The van der Waals surface area contributed by atoms with E-state index in [-0.39, 0.29) is 17.9 Å². The van der Waals surface area contributed by atoms with Crippen LogP contribution in [0.2, 0.25) is 0 Å². The largest absolute Gasteiger partial charge is 0.466 e. The molecule has 98 valence electrons. The highest BCUT2D eigenvalue weighted by Crippen LogP contribution is 2.21. The SMILES string of the molecule is CCOC(=O)C1CCN(c2ccccn2)CC1N. The molecule has 2 N–H and O–H groups in total. The third kappa shape index (κ3) is 2.79. The van der Waals surface area contributed by atoms with Crippen LogP contribution in [-0.2, 0) is 9.53 Å². The van der Waals surface area contributed by atoms with E-state index in [9.17, 15) is 4.79 Å². The number of carbonyl (C=O) groups excluding carboxylic acids is 1. The third-order valence-electron chi connectivity index (χ3n) is 3.22. The number of nitrogens with zero attached hydrogens (tertiary/aromatic N) is 2. The summed E-state index contributed by atoms with van der Waals surface area (Å²) in [7, 11) is 0. The molecule has 0 bridgehead atoms. The fourth-order valence-electron chi connectivity index (χ4n) is 2.27. The van der Waals surface area contributed by atoms with E-state index in [0.29, 0.717) is 13.2 Å². The van der Waals surface area contributed by atoms with Gasteiger partial charge in [-0.1, -0.05) is 6.07 Å². The zero-order chi connectivity index (χ0) is 13.0. The maximum Gasteiger partial charge on any atom is 0.310 e. The summed E-state index contributed by atoms with van der Waals surface area (Å²) in [6, 6.07) is 5.59. The molecule has 2 unspecified atom stereocenters. The molecule has 2 atom stereocenters. The Hall–Kier alpha value is -1.62. The second kappa shape index (κ2) is 5.82. The fourth-order valence-corrected chi connectivity index (χ4v) is 2.27. The van der Waals surface area contributed by atoms with Crippen molar-refractivity contribution in [2.45, 2.75) is 19.4 Å². The molecule has 0 spiro atoms. The van der Waals surface area contributed by atoms with Crippen LogP contribution < -0.4 is 10.6 Å². The number of ether oxygens (including phenoxy) is 1. The monoisotopic (exact) mass is 249 g/mol. The van der Waals surface area contributed by atoms with Gasteiger partial charge in [-0.05, 0) is 25.5 Å². The minimum absolute atomic E-state index is 0.175. The maximum absolute atomic E-state index is 11.7. The molecule has 0 amide bonds. The highest BCUT2D eigenvalue weighted by atomic mass is 16.5. The fraction of sp³-hybridized carbons (Fsp3) is 0.538. The first-order valence-electron chi connectivity index (χ1n) is 6.30. The molecule has 1 aliphatic rings. The van der Waals surface area contributed by atoms with Gasteiger partial charge in [0.1, 0.15) is 5.82 Å². The van der Waals surface area contributed by atoms with E-state index in [1.54, 1.807) is 6.20 Å². The van der Waals surface area contributed by atoms with Crippen LogP contribution in [0.4, 0.5) is 5.82 Å². The number of piperidine rings is 1. The molecule has 1 aliphatic heterocycles. The van der Waals surface area contributed by atoms with Gasteiger partial charge in [0, 0.05) is 25.3 Å². The molecule has 1 aromatic rings. The molecule has 1 aromatic heterocycles. The predicted molar refractivity (Wildman–Crippen MR) is 69.2 cm³/mol. The van der Waals surface area contributed by atoms with Gasteiger partial charge in [0.2, 0.25) is 0 Å². The molecule has 0 radical (unpaired) electrons. The zero-order valence-corrected chi connectivity index (χ0v) is 10.6. The van der Waals surface area contributed by atoms with Crippen LogP contribution in [0.15, 0.2) is 24.4 Å². The van der Waals surface area contributed by atoms with Gasteiger partial charge in [-0.25, -0.2) is 4.98 Å². The number of aromatic nitrogens is 1. The van der Waals surface area contributed by atoms with Crippen LogP contribution in [0.3, 0.4) is 0 Å². The standard InChI is InChI=1S/C13H19N3O2/c1-2-18-13(17)10-6-8-16(9-11(10)14)12-5-3-4-7-15-12/h3-5,7,10-11H,2,6,8-9,14H2,1H3. The summed E-state index contributed by atoms with van der Waals surface area (Å²) < 4.78 is 5.04. The number of hydrogen-bond donors (Lipinski definition) is 1. The molecule has 0 aliphatic carbocycles. The van der Waals surface area contributed by atoms with Gasteiger partial charge in [-0.15, -0.1) is 0 Å². The average molecular weight is 249 g/mol. The molecule has 1 saturated heterocycles. The summed E-state index contributed by atoms with van der Waals surface area (Å²) in [5, 5.41) is 0. The van der Waals surface area contributed by atoms with Crippen molar-refractivity contribution in [3.63, 3.8) is 0 Å². The molecular formula is C13H19N3O2. The summed E-state index contributed by atoms with van der Waals surface area (Å²) >= 11 is 0. The second-order valence-electron chi connectivity index (χ2n) is 4.45. The lowest BCUT2D eigenvalue weighted by Crippen LogP contribution is -2.51. The molecule has 5 nitrogen and oxygen atoms in total. The first kappa shape index (κ1) is 12.8. The molecular weight excluding hydrogens is 230 g/mol. The number of anilines is 1. The average Bonchev–Trinajstić information content (AvgIpc) is 2.40. The van der Waals surface area contributed by atoms with Crippen LogP contribution in [0.25, 0.3) is 0 Å². The van der Waals surface area contributed by atoms with E-state index in [1.165, 1.54) is 0 Å². The molecule has 0 saturated carbocycles. The minimum atomic E-state index is -0.195. The van der Waals surface area contributed by atoms with E-state index in [0.717, 1.165) is 18.8 Å². The summed E-state index contributed by atoms with van der Waals surface area (Å²) in [5.74, 6) is 0.547. The molecule has 5 heteroatoms. The second-order valence-corrected chi connectivity index (χ2v) is 4.45. The van der Waals surface area contributed by atoms with Gasteiger partial charge in [0.15, 0.2) is 0 Å². The van der Waals surface area contributed by atoms with Crippen molar-refractivity contribution in [2.75, 3.05) is 24.6 Å². The molecule has 0 aromatic carbocycles. The quantitative estimate of drug-likeness (QED) is 0.802. The smallest absolute Gasteiger partial charge is 0.310 e. The van der Waals surface area contributed by atoms with Crippen LogP contribution in [0.1, 0.15) is 13.3 Å². The Morgan fingerprint density at radius 2 is 2.44 bits per heavy atom. The Bertz CT molecular complexity index is 396. The highest BCUT2D eigenvalue weighted by molar-refractivity contribution is 5.73. The lowest BCUT2D eigenvalue weighted by molar-refractivity contribution is -0.149. The van der Waals surface area contributed by atoms with Crippen molar-refractivity contribution in [1.29, 1.82) is 0 Å². The van der Waals surface area contributed by atoms with Crippen molar-refractivity contribution < 1.29 is 9.53 Å². The number of nitrogens with two attached hydrogens (primary N) is 1. The van der Waals surface area contributed by atoms with Crippen molar-refractivity contribution in [2.24, 2.45) is 11.7 Å². The van der Waals surface area contributed by atoms with Crippen LogP contribution in [-0.4, -0.2) is 36.7 Å². The maximum atomic E-state index is 11.7. The van der Waals surface area contributed by atoms with Gasteiger partial charge in [-0.2, -0.15) is 0 Å². The Balaban J connectivity index is 1.98. The normalized spacial score (nSPS) is 23.8. The molecule has 2 rings (SSSR count). The Kier molecular flexibility index (Phi) is 4.15. The van der Waals surface area contributed by atoms with E-state index < -0.39 is 0 Å². The number of esters is 1. The summed E-state index contributed by atoms with van der Waals surface area (Å²) in [6.07, 6.45) is 2.48. The van der Waals surface area contributed by atoms with Gasteiger partial charge < -0.3 is 15.4 Å². The number of hydrogen-bond acceptors (Lipinski definition) is 5. The zero-order valence-electron chi connectivity index (χ0n) is 10.6. The van der Waals surface area contributed by atoms with Crippen LogP contribution in [0.5, 0.6) is 0 Å². The van der Waals surface area contributed by atoms with Crippen LogP contribution in [0, 0.1) is 5.92 Å². The van der Waals surface area contributed by atoms with Gasteiger partial charge in [-0.3, -0.25) is 4.79 Å². The van der Waals surface area contributed by atoms with Gasteiger partial charge in [0.25, 0.3) is 0 Å². The lowest BCUT2D eigenvalue weighted by Gasteiger charge is -2.36. The van der Waals surface area contributed by atoms with Crippen molar-refractivity contribution in [3.8, 4) is 0 Å². The summed E-state index contributed by atoms with van der Waals surface area (Å²) in [4.78, 5) is 18.1. The van der Waals surface area contributed by atoms with E-state index >= 15 is 0 Å². The first-order chi connectivity index (χ1) is 8.72. The third-order valence-corrected chi connectivity index (χ3v) is 3.22. The number of carbonyl (C=O) groups is 1. The first-order valence-corrected chi connectivity index (χ1v) is 6.30. The molecule has 2 heterocycles.